The molecule has 0 bridgehead atoms. The number of rotatable bonds is 14. The van der Waals surface area contributed by atoms with Gasteiger partial charge in [-0.2, -0.15) is 0 Å². The third-order valence-corrected chi connectivity index (χ3v) is 21.5. The molecule has 8 N–H and O–H groups in total. The van der Waals surface area contributed by atoms with E-state index in [2.05, 4.69) is 67.6 Å². The number of aromatic nitrogens is 2. The van der Waals surface area contributed by atoms with Gasteiger partial charge in [-0.15, -0.1) is 0 Å². The Hall–Kier alpha value is -7.65. The molecule has 488 valence electrons. The summed E-state index contributed by atoms with van der Waals surface area (Å²) in [6.07, 6.45) is 11.9. The van der Waals surface area contributed by atoms with Crippen molar-refractivity contribution < 1.29 is 38.8 Å². The maximum Gasteiger partial charge on any atom is 0.376 e. The summed E-state index contributed by atoms with van der Waals surface area (Å²) in [5.74, 6) is -0.857. The van der Waals surface area contributed by atoms with Crippen LogP contribution in [0.25, 0.3) is 21.8 Å². The number of fused-ring (bicyclic) bond motifs is 6. The molecule has 4 fully saturated rings. The van der Waals surface area contributed by atoms with E-state index in [1.807, 2.05) is 135 Å². The average molecular weight is 1250 g/mol. The number of urea groups is 2. The molecule has 4 saturated heterocycles. The number of H-pyrrole nitrogens is 2. The summed E-state index contributed by atoms with van der Waals surface area (Å²) in [5, 5.41) is 34.6. The number of hydrogen-bond acceptors (Lipinski definition) is 10. The fourth-order valence-electron chi connectivity index (χ4n) is 16.3. The molecule has 4 aliphatic heterocycles. The van der Waals surface area contributed by atoms with Gasteiger partial charge in [0.25, 0.3) is 0 Å². The highest BCUT2D eigenvalue weighted by Gasteiger charge is 2.51. The lowest BCUT2D eigenvalue weighted by molar-refractivity contribution is -0.136. The number of piperidine rings is 4. The standard InChI is InChI=1S/2C35H47BN6O4/c2*1-23(28-21-37-30-14-8-6-12-26(28)30)31(39-34(45)38-24-10-9-17-42(22-24)36(2)46)33(44)41-18-15-35(16-19-41)20-27(32(43)40(3)4)25-11-5-7-13-29(25)35/h2*5-8,11-14,21,23-24,27,31,37,46H,9-10,15-20,22H2,1-4H3,(H2,38,39,45)/t23-,24?,27+,31?;23-,24?,27-,31?/m01/s1. The van der Waals surface area contributed by atoms with Gasteiger partial charge < -0.3 is 70.5 Å². The second kappa shape index (κ2) is 27.9. The van der Waals surface area contributed by atoms with Gasteiger partial charge in [-0.25, -0.2) is 9.59 Å². The molecule has 12 rings (SSSR count). The summed E-state index contributed by atoms with van der Waals surface area (Å²) in [6.45, 7) is 12.4. The van der Waals surface area contributed by atoms with Crippen LogP contribution in [0, 0.1) is 0 Å². The Kier molecular flexibility index (Phi) is 20.0. The molecule has 8 amide bonds. The van der Waals surface area contributed by atoms with Crippen LogP contribution in [0.4, 0.5) is 9.59 Å². The van der Waals surface area contributed by atoms with Crippen LogP contribution in [0.15, 0.2) is 109 Å². The Bertz CT molecular complexity index is 3400. The van der Waals surface area contributed by atoms with Crippen molar-refractivity contribution in [3.8, 4) is 0 Å². The normalized spacial score (nSPS) is 22.2. The van der Waals surface area contributed by atoms with Gasteiger partial charge in [0.05, 0.1) is 11.8 Å². The van der Waals surface area contributed by atoms with E-state index >= 15 is 0 Å². The summed E-state index contributed by atoms with van der Waals surface area (Å²) in [4.78, 5) is 99.9. The highest BCUT2D eigenvalue weighted by molar-refractivity contribution is 6.45. The Labute approximate surface area is 542 Å². The van der Waals surface area contributed by atoms with Crippen molar-refractivity contribution >= 4 is 71.6 Å². The van der Waals surface area contributed by atoms with E-state index in [0.29, 0.717) is 39.3 Å². The lowest BCUT2D eigenvalue weighted by Gasteiger charge is -2.42. The van der Waals surface area contributed by atoms with Crippen molar-refractivity contribution in [2.75, 3.05) is 80.5 Å². The number of carbonyl (C=O) groups is 6. The molecule has 6 aromatic rings. The van der Waals surface area contributed by atoms with Crippen molar-refractivity contribution in [1.29, 1.82) is 0 Å². The van der Waals surface area contributed by atoms with Gasteiger partial charge in [-0.1, -0.05) is 98.8 Å². The first-order valence-corrected chi connectivity index (χ1v) is 33.4. The third-order valence-electron chi connectivity index (χ3n) is 21.5. The first-order chi connectivity index (χ1) is 44.2. The molecule has 6 aliphatic rings. The zero-order chi connectivity index (χ0) is 65.2. The van der Waals surface area contributed by atoms with Gasteiger partial charge in [-0.3, -0.25) is 19.2 Å². The number of hydrogen-bond donors (Lipinski definition) is 8. The number of para-hydroxylation sites is 2. The second-order valence-corrected chi connectivity index (χ2v) is 27.6. The topological polar surface area (TPSA) is 242 Å². The number of benzene rings is 4. The Morgan fingerprint density at radius 3 is 1.26 bits per heavy atom. The van der Waals surface area contributed by atoms with E-state index in [0.717, 1.165) is 121 Å². The largest absolute Gasteiger partial charge is 0.437 e. The Morgan fingerprint density at radius 2 is 0.891 bits per heavy atom. The highest BCUT2D eigenvalue weighted by Crippen LogP contribution is 2.54. The molecule has 92 heavy (non-hydrogen) atoms. The average Bonchev–Trinajstić information content (AvgIpc) is 1.59. The molecule has 0 saturated carbocycles. The third kappa shape index (κ3) is 13.6. The van der Waals surface area contributed by atoms with Crippen molar-refractivity contribution in [1.82, 2.24) is 60.5 Å². The molecule has 4 aromatic carbocycles. The lowest BCUT2D eigenvalue weighted by atomic mass is 9.73. The van der Waals surface area contributed by atoms with Crippen LogP contribution in [0.3, 0.4) is 0 Å². The number of likely N-dealkylation sites (tertiary alicyclic amines) is 2. The Morgan fingerprint density at radius 1 is 0.533 bits per heavy atom. The quantitative estimate of drug-likeness (QED) is 0.0506. The van der Waals surface area contributed by atoms with Gasteiger partial charge in [0.1, 0.15) is 12.1 Å². The molecule has 0 radical (unpaired) electrons. The number of aromatic amines is 2. The lowest BCUT2D eigenvalue weighted by Crippen LogP contribution is -2.58. The number of nitrogens with one attached hydrogen (secondary N) is 6. The monoisotopic (exact) mass is 1250 g/mol. The molecule has 20 nitrogen and oxygen atoms in total. The fourth-order valence-corrected chi connectivity index (χ4v) is 16.3. The van der Waals surface area contributed by atoms with E-state index in [9.17, 15) is 38.8 Å². The van der Waals surface area contributed by atoms with Crippen LogP contribution < -0.4 is 21.3 Å². The minimum absolute atomic E-state index is 0.0933. The number of amides is 8. The van der Waals surface area contributed by atoms with Crippen molar-refractivity contribution in [2.45, 2.75) is 150 Å². The smallest absolute Gasteiger partial charge is 0.376 e. The maximum atomic E-state index is 14.4. The molecule has 6 heterocycles. The molecule has 2 aromatic heterocycles. The molecular formula is C70H94B2N12O8. The van der Waals surface area contributed by atoms with Crippen molar-refractivity contribution in [2.24, 2.45) is 0 Å². The van der Waals surface area contributed by atoms with E-state index in [-0.39, 0.29) is 82.3 Å². The van der Waals surface area contributed by atoms with Gasteiger partial charge in [0, 0.05) is 136 Å². The summed E-state index contributed by atoms with van der Waals surface area (Å²) in [6, 6.07) is 30.1. The maximum absolute atomic E-state index is 14.4. The summed E-state index contributed by atoms with van der Waals surface area (Å²) >= 11 is 0. The highest BCUT2D eigenvalue weighted by atomic mass is 16.2. The van der Waals surface area contributed by atoms with Crippen LogP contribution in [-0.4, -0.2) is 204 Å². The van der Waals surface area contributed by atoms with Gasteiger partial charge in [0.2, 0.25) is 23.6 Å². The second-order valence-electron chi connectivity index (χ2n) is 27.6. The van der Waals surface area contributed by atoms with Crippen LogP contribution in [-0.2, 0) is 30.0 Å². The summed E-state index contributed by atoms with van der Waals surface area (Å²) in [5.41, 5.74) is 8.34. The minimum atomic E-state index is -0.774. The van der Waals surface area contributed by atoms with Crippen LogP contribution >= 0.6 is 0 Å². The minimum Gasteiger partial charge on any atom is -0.437 e. The predicted molar refractivity (Wildman–Crippen MR) is 361 cm³/mol. The number of carbonyl (C=O) groups excluding carboxylic acids is 6. The van der Waals surface area contributed by atoms with Crippen LogP contribution in [0.5, 0.6) is 0 Å². The van der Waals surface area contributed by atoms with E-state index in [4.69, 9.17) is 0 Å². The SMILES string of the molecule is CB(O)N1CCCC(NC(=O)NC(C(=O)N2CCC3(CC2)C[C@@H](C(=O)N(C)C)c2ccccc23)[C@@H](C)c2c[nH]c3ccccc23)C1.CB(O)N1CCCC(NC(=O)NC(C(=O)N2CCC3(CC2)C[C@@H](C(=O)N(C)C)c2ccccc23)[C@H](C)c2c[nH]c3ccccc23)C1. The fraction of sp³-hybridized carbons (Fsp3) is 0.514. The van der Waals surface area contributed by atoms with E-state index in [1.165, 1.54) is 11.1 Å². The van der Waals surface area contributed by atoms with Crippen molar-refractivity contribution in [3.63, 3.8) is 0 Å². The zero-order valence-electron chi connectivity index (χ0n) is 54.9. The molecule has 2 aliphatic carbocycles. The number of nitrogens with zero attached hydrogens (tertiary/aromatic N) is 6. The Balaban J connectivity index is 0.000000188. The van der Waals surface area contributed by atoms with E-state index < -0.39 is 26.2 Å². The molecule has 4 unspecified atom stereocenters. The predicted octanol–water partition coefficient (Wildman–Crippen LogP) is 7.30. The summed E-state index contributed by atoms with van der Waals surface area (Å²) < 4.78 is 0. The summed E-state index contributed by atoms with van der Waals surface area (Å²) in [7, 11) is 6.10. The van der Waals surface area contributed by atoms with E-state index in [1.54, 1.807) is 23.4 Å². The van der Waals surface area contributed by atoms with Crippen LogP contribution in [0.1, 0.15) is 135 Å². The first-order valence-electron chi connectivity index (χ1n) is 33.4. The first kappa shape index (κ1) is 65.8. The van der Waals surface area contributed by atoms with Gasteiger partial charge >= 0.3 is 26.2 Å². The molecule has 2 spiro atoms. The van der Waals surface area contributed by atoms with Gasteiger partial charge in [-0.05, 0) is 136 Å². The molecular weight excluding hydrogens is 1160 g/mol. The van der Waals surface area contributed by atoms with Crippen LogP contribution in [0.2, 0.25) is 13.6 Å². The zero-order valence-corrected chi connectivity index (χ0v) is 54.9. The van der Waals surface area contributed by atoms with Gasteiger partial charge in [0.15, 0.2) is 0 Å². The molecule has 22 heteroatoms. The number of likely N-dealkylation sites (N-methyl/N-ethyl adjacent to an activating group) is 2. The molecule has 8 atom stereocenters. The van der Waals surface area contributed by atoms with Crippen molar-refractivity contribution in [3.05, 3.63) is 143 Å².